The maximum Gasteiger partial charge on any atom is 0.195 e. The summed E-state index contributed by atoms with van der Waals surface area (Å²) in [6.07, 6.45) is 0. The zero-order chi connectivity index (χ0) is 24.3. The topological polar surface area (TPSA) is 40.1 Å². The molecular formula is C20H9Br9O2S. The first-order valence-electron chi connectivity index (χ1n) is 8.19. The fourth-order valence-corrected chi connectivity index (χ4v) is 14.3. The number of benzene rings is 3. The minimum Gasteiger partial charge on any atom is -0.550 e. The Morgan fingerprint density at radius 3 is 0.875 bits per heavy atom. The number of halogens is 9. The number of hydrogen-bond acceptors (Lipinski definition) is 2. The molecule has 0 aromatic heterocycles. The fraction of sp³-hybridized carbons (Fsp3) is 0.0500. The number of carbonyl (C=O) groups excluding carboxylic acids is 1. The number of carboxylic acids is 1. The summed E-state index contributed by atoms with van der Waals surface area (Å²) in [6, 6.07) is 12.4. The molecule has 0 saturated heterocycles. The lowest BCUT2D eigenvalue weighted by Crippen LogP contribution is -2.16. The molecule has 0 atom stereocenters. The van der Waals surface area contributed by atoms with Gasteiger partial charge in [-0.3, -0.25) is 0 Å². The highest BCUT2D eigenvalue weighted by molar-refractivity contribution is 9.12. The highest BCUT2D eigenvalue weighted by Crippen LogP contribution is 2.50. The van der Waals surface area contributed by atoms with Gasteiger partial charge in [0, 0.05) is 19.4 Å². The summed E-state index contributed by atoms with van der Waals surface area (Å²) in [7, 11) is -0.453. The Bertz CT molecular complexity index is 974. The van der Waals surface area contributed by atoms with E-state index in [1.807, 2.05) is 0 Å². The van der Waals surface area contributed by atoms with Crippen molar-refractivity contribution in [3.05, 3.63) is 76.7 Å². The second-order valence-electron chi connectivity index (χ2n) is 5.89. The van der Waals surface area contributed by atoms with Gasteiger partial charge in [-0.05, 0) is 139 Å². The zero-order valence-corrected chi connectivity index (χ0v) is 30.7. The average molecular weight is 1030 g/mol. The Morgan fingerprint density at radius 2 is 0.719 bits per heavy atom. The van der Waals surface area contributed by atoms with Crippen LogP contribution in [0.1, 0.15) is 6.92 Å². The lowest BCUT2D eigenvalue weighted by atomic mass is 10.3. The second kappa shape index (κ2) is 13.4. The van der Waals surface area contributed by atoms with E-state index in [0.29, 0.717) is 0 Å². The van der Waals surface area contributed by atoms with Crippen molar-refractivity contribution in [1.82, 2.24) is 0 Å². The van der Waals surface area contributed by atoms with Gasteiger partial charge >= 0.3 is 0 Å². The normalized spacial score (nSPS) is 10.7. The Kier molecular flexibility index (Phi) is 12.5. The summed E-state index contributed by atoms with van der Waals surface area (Å²) in [4.78, 5) is 12.3. The minimum absolute atomic E-state index is 0.453. The molecule has 0 aliphatic carbocycles. The molecule has 0 radical (unpaired) electrons. The SMILES string of the molecule is Brc1cc(Br)c([S+](c2c(Br)cc(Br)cc2Br)c2c(Br)cc(Br)cc2Br)c(Br)c1.CC(=O)[O-]. The van der Waals surface area contributed by atoms with E-state index in [1.165, 1.54) is 0 Å². The van der Waals surface area contributed by atoms with E-state index in [-0.39, 0.29) is 0 Å². The number of carboxylic acid groups (broad SMARTS) is 1. The van der Waals surface area contributed by atoms with E-state index in [1.54, 1.807) is 0 Å². The van der Waals surface area contributed by atoms with Gasteiger partial charge in [0.25, 0.3) is 0 Å². The molecule has 0 bridgehead atoms. The van der Waals surface area contributed by atoms with Gasteiger partial charge < -0.3 is 9.90 Å². The maximum atomic E-state index is 8.89. The van der Waals surface area contributed by atoms with Crippen molar-refractivity contribution in [3.8, 4) is 0 Å². The monoisotopic (exact) mass is 1020 g/mol. The van der Waals surface area contributed by atoms with Gasteiger partial charge in [-0.25, -0.2) is 0 Å². The third-order valence-corrected chi connectivity index (χ3v) is 12.7. The van der Waals surface area contributed by atoms with Gasteiger partial charge in [0.1, 0.15) is 10.9 Å². The molecule has 0 N–H and O–H groups in total. The first kappa shape index (κ1) is 30.0. The van der Waals surface area contributed by atoms with Crippen LogP contribution in [-0.2, 0) is 15.7 Å². The third kappa shape index (κ3) is 7.90. The van der Waals surface area contributed by atoms with Crippen molar-refractivity contribution in [2.45, 2.75) is 21.6 Å². The van der Waals surface area contributed by atoms with Crippen molar-refractivity contribution in [2.75, 3.05) is 0 Å². The molecule has 0 fully saturated rings. The molecule has 12 heteroatoms. The van der Waals surface area contributed by atoms with Crippen LogP contribution in [0, 0.1) is 0 Å². The third-order valence-electron chi connectivity index (χ3n) is 3.50. The molecule has 0 spiro atoms. The van der Waals surface area contributed by atoms with Gasteiger partial charge in [0.2, 0.25) is 0 Å². The van der Waals surface area contributed by atoms with E-state index in [4.69, 9.17) is 9.90 Å². The van der Waals surface area contributed by atoms with Crippen molar-refractivity contribution in [2.24, 2.45) is 0 Å². The van der Waals surface area contributed by atoms with Crippen LogP contribution in [0.3, 0.4) is 0 Å². The fourth-order valence-electron chi connectivity index (χ4n) is 2.48. The molecule has 0 aliphatic rings. The Morgan fingerprint density at radius 1 is 0.562 bits per heavy atom. The van der Waals surface area contributed by atoms with Crippen LogP contribution in [-0.4, -0.2) is 5.97 Å². The minimum atomic E-state index is -1.08. The van der Waals surface area contributed by atoms with Crippen molar-refractivity contribution in [3.63, 3.8) is 0 Å². The molecule has 170 valence electrons. The number of rotatable bonds is 3. The van der Waals surface area contributed by atoms with Crippen LogP contribution < -0.4 is 5.11 Å². The van der Waals surface area contributed by atoms with Gasteiger partial charge in [-0.1, -0.05) is 47.8 Å². The van der Waals surface area contributed by atoms with Crippen LogP contribution in [0.15, 0.2) is 91.3 Å². The van der Waals surface area contributed by atoms with E-state index >= 15 is 0 Å². The quantitative estimate of drug-likeness (QED) is 0.245. The van der Waals surface area contributed by atoms with Gasteiger partial charge in [0.05, 0.1) is 26.8 Å². The van der Waals surface area contributed by atoms with E-state index < -0.39 is 16.9 Å². The lowest BCUT2D eigenvalue weighted by molar-refractivity contribution is -0.302. The molecule has 0 aliphatic heterocycles. The average Bonchev–Trinajstić information content (AvgIpc) is 2.58. The number of carbonyl (C=O) groups is 1. The van der Waals surface area contributed by atoms with Crippen LogP contribution in [0.2, 0.25) is 0 Å². The second-order valence-corrected chi connectivity index (χ2v) is 15.6. The highest BCUT2D eigenvalue weighted by atomic mass is 79.9. The molecule has 0 amide bonds. The molecule has 0 saturated carbocycles. The molecular weight excluding hydrogens is 1020 g/mol. The largest absolute Gasteiger partial charge is 0.550 e. The molecule has 0 unspecified atom stereocenters. The molecule has 3 aromatic rings. The molecule has 3 rings (SSSR count). The molecule has 2 nitrogen and oxygen atoms in total. The van der Waals surface area contributed by atoms with Crippen LogP contribution in [0.5, 0.6) is 0 Å². The smallest absolute Gasteiger partial charge is 0.195 e. The highest BCUT2D eigenvalue weighted by Gasteiger charge is 2.40. The Hall–Kier alpha value is 1.80. The predicted octanol–water partition coefficient (Wildman–Crippen LogP) is 10.4. The molecule has 32 heavy (non-hydrogen) atoms. The predicted molar refractivity (Wildman–Crippen MR) is 161 cm³/mol. The number of aliphatic carboxylic acids is 1. The summed E-state index contributed by atoms with van der Waals surface area (Å²) >= 11 is 33.5. The summed E-state index contributed by atoms with van der Waals surface area (Å²) in [6.45, 7) is 0.972. The summed E-state index contributed by atoms with van der Waals surface area (Å²) in [5, 5.41) is 8.89. The van der Waals surface area contributed by atoms with E-state index in [9.17, 15) is 0 Å². The van der Waals surface area contributed by atoms with E-state index in [2.05, 4.69) is 180 Å². The van der Waals surface area contributed by atoms with Crippen LogP contribution in [0.25, 0.3) is 0 Å². The summed E-state index contributed by atoms with van der Waals surface area (Å²) in [5.41, 5.74) is 0. The first-order valence-corrected chi connectivity index (χ1v) is 16.5. The van der Waals surface area contributed by atoms with Crippen LogP contribution >= 0.6 is 143 Å². The van der Waals surface area contributed by atoms with Gasteiger partial charge in [-0.2, -0.15) is 0 Å². The van der Waals surface area contributed by atoms with Crippen molar-refractivity contribution < 1.29 is 9.90 Å². The Labute approximate surface area is 264 Å². The Balaban J connectivity index is 0.000000837. The lowest BCUT2D eigenvalue weighted by Gasteiger charge is -2.16. The molecule has 0 heterocycles. The van der Waals surface area contributed by atoms with Crippen LogP contribution in [0.4, 0.5) is 0 Å². The van der Waals surface area contributed by atoms with Gasteiger partial charge in [0.15, 0.2) is 14.7 Å². The van der Waals surface area contributed by atoms with Crippen molar-refractivity contribution in [1.29, 1.82) is 0 Å². The zero-order valence-electron chi connectivity index (χ0n) is 15.6. The number of hydrogen-bond donors (Lipinski definition) is 0. The summed E-state index contributed by atoms with van der Waals surface area (Å²) < 4.78 is 9.09. The van der Waals surface area contributed by atoms with Gasteiger partial charge in [-0.15, -0.1) is 0 Å². The standard InChI is InChI=1S/C18H6Br9S.C2H4O2/c19-7-1-10(22)16(11(23)2-7)28(17-12(24)3-8(20)4-13(17)25)18-14(26)5-9(21)6-15(18)27;1-2(3)4/h1-6H;1H3,(H,3,4)/q+1;/p-1. The van der Waals surface area contributed by atoms with Crippen molar-refractivity contribution >= 4 is 160 Å². The summed E-state index contributed by atoms with van der Waals surface area (Å²) in [5.74, 6) is -1.08. The molecule has 3 aromatic carbocycles. The van der Waals surface area contributed by atoms with E-state index in [0.717, 1.165) is 61.9 Å². The maximum absolute atomic E-state index is 8.89. The first-order chi connectivity index (χ1) is 14.8.